The zero-order valence-corrected chi connectivity index (χ0v) is 11.6. The van der Waals surface area contributed by atoms with Crippen LogP contribution in [0.25, 0.3) is 16.8 Å². The topological polar surface area (TPSA) is 77.5 Å². The molecule has 6 heteroatoms. The monoisotopic (exact) mass is 287 g/mol. The Hall–Kier alpha value is -2.34. The average molecular weight is 287 g/mol. The maximum absolute atomic E-state index is 11.6. The Morgan fingerprint density at radius 3 is 2.65 bits per heavy atom. The Labute approximate surface area is 116 Å². The van der Waals surface area contributed by atoms with Crippen molar-refractivity contribution in [1.29, 1.82) is 0 Å². The molecule has 0 aliphatic carbocycles. The molecule has 2 aromatic heterocycles. The molecule has 1 aromatic carbocycles. The number of anilines is 1. The van der Waals surface area contributed by atoms with Crippen LogP contribution < -0.4 is 5.73 Å². The minimum atomic E-state index is -3.21. The predicted octanol–water partition coefficient (Wildman–Crippen LogP) is 1.99. The highest BCUT2D eigenvalue weighted by Gasteiger charge is 2.09. The van der Waals surface area contributed by atoms with E-state index in [1.165, 1.54) is 6.26 Å². The Morgan fingerprint density at radius 1 is 1.15 bits per heavy atom. The van der Waals surface area contributed by atoms with E-state index in [2.05, 4.69) is 4.98 Å². The van der Waals surface area contributed by atoms with Crippen molar-refractivity contribution < 1.29 is 8.42 Å². The van der Waals surface area contributed by atoms with Gasteiger partial charge in [-0.1, -0.05) is 12.1 Å². The Morgan fingerprint density at radius 2 is 1.90 bits per heavy atom. The molecule has 2 N–H and O–H groups in total. The molecule has 0 amide bonds. The number of benzene rings is 1. The lowest BCUT2D eigenvalue weighted by molar-refractivity contribution is 0.602. The average Bonchev–Trinajstić information content (AvgIpc) is 2.77. The molecular weight excluding hydrogens is 274 g/mol. The van der Waals surface area contributed by atoms with Crippen LogP contribution in [0.15, 0.2) is 53.7 Å². The summed E-state index contributed by atoms with van der Waals surface area (Å²) < 4.78 is 25.0. The Bertz CT molecular complexity index is 898. The standard InChI is InChI=1S/C14H13N3O2S/c1-20(18,19)12-4-2-3-10(7-12)11-5-6-17-9-13(15)16-14(17)8-11/h2-9H,15H2,1H3. The van der Waals surface area contributed by atoms with Crippen molar-refractivity contribution in [3.8, 4) is 11.1 Å². The predicted molar refractivity (Wildman–Crippen MR) is 78.2 cm³/mol. The first kappa shape index (κ1) is 12.7. The number of nitrogen functional groups attached to an aromatic ring is 1. The highest BCUT2D eigenvalue weighted by atomic mass is 32.2. The second-order valence-corrected chi connectivity index (χ2v) is 6.66. The van der Waals surface area contributed by atoms with Gasteiger partial charge in [-0.2, -0.15) is 0 Å². The fraction of sp³-hybridized carbons (Fsp3) is 0.0714. The molecule has 20 heavy (non-hydrogen) atoms. The van der Waals surface area contributed by atoms with Gasteiger partial charge < -0.3 is 10.1 Å². The van der Waals surface area contributed by atoms with Gasteiger partial charge >= 0.3 is 0 Å². The van der Waals surface area contributed by atoms with Gasteiger partial charge in [-0.25, -0.2) is 13.4 Å². The summed E-state index contributed by atoms with van der Waals surface area (Å²) in [7, 11) is -3.21. The van der Waals surface area contributed by atoms with E-state index >= 15 is 0 Å². The summed E-state index contributed by atoms with van der Waals surface area (Å²) in [6, 6.07) is 10.6. The van der Waals surface area contributed by atoms with E-state index in [-0.39, 0.29) is 0 Å². The van der Waals surface area contributed by atoms with Gasteiger partial charge in [0.1, 0.15) is 11.5 Å². The molecule has 102 valence electrons. The molecule has 0 atom stereocenters. The van der Waals surface area contributed by atoms with Gasteiger partial charge in [0.2, 0.25) is 0 Å². The number of aromatic nitrogens is 2. The number of pyridine rings is 1. The fourth-order valence-electron chi connectivity index (χ4n) is 2.09. The van der Waals surface area contributed by atoms with Crippen molar-refractivity contribution in [3.05, 3.63) is 48.8 Å². The Balaban J connectivity index is 2.15. The molecule has 0 aliphatic rings. The zero-order chi connectivity index (χ0) is 14.3. The van der Waals surface area contributed by atoms with Crippen LogP contribution >= 0.6 is 0 Å². The van der Waals surface area contributed by atoms with Crippen LogP contribution in [0.3, 0.4) is 0 Å². The van der Waals surface area contributed by atoms with Gasteiger partial charge in [0.25, 0.3) is 0 Å². The number of rotatable bonds is 2. The lowest BCUT2D eigenvalue weighted by atomic mass is 10.1. The second-order valence-electron chi connectivity index (χ2n) is 4.65. The van der Waals surface area contributed by atoms with E-state index < -0.39 is 9.84 Å². The molecule has 0 fully saturated rings. The number of nitrogens with zero attached hydrogens (tertiary/aromatic N) is 2. The molecule has 0 radical (unpaired) electrons. The van der Waals surface area contributed by atoms with Gasteiger partial charge in [0.15, 0.2) is 9.84 Å². The summed E-state index contributed by atoms with van der Waals surface area (Å²) in [4.78, 5) is 4.50. The molecule has 0 saturated carbocycles. The number of hydrogen-bond donors (Lipinski definition) is 1. The first-order chi connectivity index (χ1) is 9.43. The third-order valence-corrected chi connectivity index (χ3v) is 4.18. The van der Waals surface area contributed by atoms with Crippen LogP contribution in [0.4, 0.5) is 5.82 Å². The van der Waals surface area contributed by atoms with E-state index in [0.29, 0.717) is 10.7 Å². The molecule has 0 saturated heterocycles. The highest BCUT2D eigenvalue weighted by molar-refractivity contribution is 7.90. The van der Waals surface area contributed by atoms with E-state index in [1.54, 1.807) is 24.4 Å². The largest absolute Gasteiger partial charge is 0.382 e. The van der Waals surface area contributed by atoms with E-state index in [0.717, 1.165) is 16.8 Å². The molecule has 0 aliphatic heterocycles. The third kappa shape index (κ3) is 2.25. The third-order valence-electron chi connectivity index (χ3n) is 3.07. The van der Waals surface area contributed by atoms with Crippen molar-refractivity contribution in [3.63, 3.8) is 0 Å². The van der Waals surface area contributed by atoms with E-state index in [4.69, 9.17) is 5.73 Å². The number of nitrogens with two attached hydrogens (primary N) is 1. The number of fused-ring (bicyclic) bond motifs is 1. The number of imidazole rings is 1. The Kier molecular flexibility index (Phi) is 2.76. The molecule has 2 heterocycles. The lowest BCUT2D eigenvalue weighted by Crippen LogP contribution is -1.96. The molecule has 0 bridgehead atoms. The fourth-order valence-corrected chi connectivity index (χ4v) is 2.75. The van der Waals surface area contributed by atoms with E-state index in [9.17, 15) is 8.42 Å². The van der Waals surface area contributed by atoms with Crippen LogP contribution in [0, 0.1) is 0 Å². The summed E-state index contributed by atoms with van der Waals surface area (Å²) in [6.07, 6.45) is 4.78. The summed E-state index contributed by atoms with van der Waals surface area (Å²) in [6.45, 7) is 0. The minimum absolute atomic E-state index is 0.303. The summed E-state index contributed by atoms with van der Waals surface area (Å²) >= 11 is 0. The number of sulfone groups is 1. The molecule has 0 spiro atoms. The van der Waals surface area contributed by atoms with Crippen LogP contribution in [-0.4, -0.2) is 24.1 Å². The summed E-state index contributed by atoms with van der Waals surface area (Å²) in [5.74, 6) is 0.451. The normalized spacial score (nSPS) is 11.8. The molecule has 0 unspecified atom stereocenters. The first-order valence-electron chi connectivity index (χ1n) is 5.98. The van der Waals surface area contributed by atoms with Gasteiger partial charge in [-0.15, -0.1) is 0 Å². The van der Waals surface area contributed by atoms with Crippen molar-refractivity contribution in [2.24, 2.45) is 0 Å². The lowest BCUT2D eigenvalue weighted by Gasteiger charge is -2.05. The summed E-state index contributed by atoms with van der Waals surface area (Å²) in [5, 5.41) is 0. The molecule has 3 rings (SSSR count). The minimum Gasteiger partial charge on any atom is -0.382 e. The van der Waals surface area contributed by atoms with Gasteiger partial charge in [-0.3, -0.25) is 0 Å². The van der Waals surface area contributed by atoms with Crippen LogP contribution in [0.5, 0.6) is 0 Å². The SMILES string of the molecule is CS(=O)(=O)c1cccc(-c2ccn3cc(N)nc3c2)c1. The van der Waals surface area contributed by atoms with Crippen molar-refractivity contribution in [2.45, 2.75) is 4.90 Å². The molecule has 5 nitrogen and oxygen atoms in total. The number of hydrogen-bond acceptors (Lipinski definition) is 4. The van der Waals surface area contributed by atoms with Crippen LogP contribution in [0.1, 0.15) is 0 Å². The van der Waals surface area contributed by atoms with Gasteiger partial charge in [0.05, 0.1) is 11.1 Å². The van der Waals surface area contributed by atoms with Crippen molar-refractivity contribution >= 4 is 21.3 Å². The maximum Gasteiger partial charge on any atom is 0.175 e. The van der Waals surface area contributed by atoms with Gasteiger partial charge in [0, 0.05) is 12.5 Å². The first-order valence-corrected chi connectivity index (χ1v) is 7.87. The maximum atomic E-state index is 11.6. The van der Waals surface area contributed by atoms with Gasteiger partial charge in [-0.05, 0) is 35.4 Å². The van der Waals surface area contributed by atoms with Crippen molar-refractivity contribution in [1.82, 2.24) is 9.38 Å². The molecular formula is C14H13N3O2S. The van der Waals surface area contributed by atoms with Crippen LogP contribution in [0.2, 0.25) is 0 Å². The van der Waals surface area contributed by atoms with Crippen molar-refractivity contribution in [2.75, 3.05) is 12.0 Å². The quantitative estimate of drug-likeness (QED) is 0.782. The van der Waals surface area contributed by atoms with Crippen LogP contribution in [-0.2, 0) is 9.84 Å². The summed E-state index contributed by atoms with van der Waals surface area (Å²) in [5.41, 5.74) is 8.10. The molecule has 3 aromatic rings. The smallest absolute Gasteiger partial charge is 0.175 e. The zero-order valence-electron chi connectivity index (χ0n) is 10.8. The van der Waals surface area contributed by atoms with E-state index in [1.807, 2.05) is 28.8 Å². The second kappa shape index (κ2) is 4.35. The highest BCUT2D eigenvalue weighted by Crippen LogP contribution is 2.23.